The van der Waals surface area contributed by atoms with Crippen LogP contribution < -0.4 is 10.6 Å². The minimum absolute atomic E-state index is 0.000248. The van der Waals surface area contributed by atoms with Gasteiger partial charge in [-0.15, -0.1) is 0 Å². The van der Waals surface area contributed by atoms with Crippen molar-refractivity contribution < 1.29 is 9.53 Å². The topological polar surface area (TPSA) is 50.4 Å². The fourth-order valence-electron chi connectivity index (χ4n) is 1.62. The summed E-state index contributed by atoms with van der Waals surface area (Å²) in [7, 11) is 0. The second-order valence-corrected chi connectivity index (χ2v) is 4.86. The van der Waals surface area contributed by atoms with Gasteiger partial charge in [0.15, 0.2) is 0 Å². The van der Waals surface area contributed by atoms with Gasteiger partial charge >= 0.3 is 0 Å². The molecule has 1 unspecified atom stereocenters. The summed E-state index contributed by atoms with van der Waals surface area (Å²) in [5.41, 5.74) is 0. The maximum absolute atomic E-state index is 11.5. The second-order valence-electron chi connectivity index (χ2n) is 4.86. The normalized spacial score (nSPS) is 19.8. The van der Waals surface area contributed by atoms with Crippen LogP contribution in [0.5, 0.6) is 0 Å². The van der Waals surface area contributed by atoms with Crippen LogP contribution in [0.15, 0.2) is 0 Å². The van der Waals surface area contributed by atoms with Gasteiger partial charge in [-0.25, -0.2) is 0 Å². The van der Waals surface area contributed by atoms with E-state index < -0.39 is 0 Å². The Morgan fingerprint density at radius 3 is 2.56 bits per heavy atom. The Kier molecular flexibility index (Phi) is 5.77. The molecule has 0 aliphatic carbocycles. The smallest absolute Gasteiger partial charge is 0.246 e. The van der Waals surface area contributed by atoms with Gasteiger partial charge in [-0.1, -0.05) is 13.8 Å². The third-order valence-corrected chi connectivity index (χ3v) is 3.12. The first-order chi connectivity index (χ1) is 7.59. The monoisotopic (exact) mass is 228 g/mol. The molecular weight excluding hydrogens is 204 g/mol. The summed E-state index contributed by atoms with van der Waals surface area (Å²) >= 11 is 0. The van der Waals surface area contributed by atoms with Gasteiger partial charge in [-0.3, -0.25) is 4.79 Å². The third-order valence-electron chi connectivity index (χ3n) is 3.12. The number of hydrogen-bond donors (Lipinski definition) is 2. The van der Waals surface area contributed by atoms with E-state index in [1.54, 1.807) is 0 Å². The highest BCUT2D eigenvalue weighted by atomic mass is 16.5. The molecule has 0 spiro atoms. The van der Waals surface area contributed by atoms with Crippen LogP contribution in [0.1, 0.15) is 33.6 Å². The number of amides is 1. The Labute approximate surface area is 98.1 Å². The number of piperidine rings is 1. The van der Waals surface area contributed by atoms with Gasteiger partial charge in [0.05, 0.1) is 6.10 Å². The van der Waals surface area contributed by atoms with Crippen LogP contribution in [0.4, 0.5) is 0 Å². The highest BCUT2D eigenvalue weighted by molar-refractivity contribution is 5.77. The van der Waals surface area contributed by atoms with Crippen molar-refractivity contribution in [1.82, 2.24) is 10.6 Å². The van der Waals surface area contributed by atoms with E-state index >= 15 is 0 Å². The molecule has 1 amide bonds. The Bertz CT molecular complexity index is 213. The summed E-state index contributed by atoms with van der Waals surface area (Å²) in [4.78, 5) is 11.5. The summed E-state index contributed by atoms with van der Waals surface area (Å²) < 4.78 is 5.57. The Morgan fingerprint density at radius 1 is 1.38 bits per heavy atom. The molecule has 2 N–H and O–H groups in total. The number of carbonyl (C=O) groups is 1. The van der Waals surface area contributed by atoms with Crippen LogP contribution in [0, 0.1) is 5.92 Å². The highest BCUT2D eigenvalue weighted by Crippen LogP contribution is 2.06. The van der Waals surface area contributed by atoms with Gasteiger partial charge in [0, 0.05) is 6.04 Å². The second kappa shape index (κ2) is 6.86. The van der Waals surface area contributed by atoms with Crippen LogP contribution in [-0.2, 0) is 9.53 Å². The molecule has 16 heavy (non-hydrogen) atoms. The van der Waals surface area contributed by atoms with Crippen LogP contribution in [0.25, 0.3) is 0 Å². The molecule has 0 aromatic carbocycles. The predicted molar refractivity (Wildman–Crippen MR) is 64.3 cm³/mol. The molecule has 1 saturated heterocycles. The van der Waals surface area contributed by atoms with E-state index in [1.165, 1.54) is 0 Å². The van der Waals surface area contributed by atoms with E-state index in [9.17, 15) is 4.79 Å². The first-order valence-electron chi connectivity index (χ1n) is 6.21. The number of hydrogen-bond acceptors (Lipinski definition) is 3. The van der Waals surface area contributed by atoms with Crippen molar-refractivity contribution in [2.75, 3.05) is 19.7 Å². The lowest BCUT2D eigenvalue weighted by Crippen LogP contribution is -2.40. The van der Waals surface area contributed by atoms with E-state index in [1.807, 2.05) is 6.92 Å². The molecule has 0 aromatic heterocycles. The van der Waals surface area contributed by atoms with Crippen LogP contribution >= 0.6 is 0 Å². The average Bonchev–Trinajstić information content (AvgIpc) is 2.27. The predicted octanol–water partition coefficient (Wildman–Crippen LogP) is 0.916. The van der Waals surface area contributed by atoms with Gasteiger partial charge in [0.25, 0.3) is 0 Å². The van der Waals surface area contributed by atoms with Gasteiger partial charge in [0.2, 0.25) is 5.91 Å². The first kappa shape index (κ1) is 13.5. The van der Waals surface area contributed by atoms with Gasteiger partial charge in [0.1, 0.15) is 6.61 Å². The number of rotatable bonds is 5. The SMILES string of the molecule is CC(C)C(C)NC(=O)COC1CCNCC1. The van der Waals surface area contributed by atoms with Crippen molar-refractivity contribution >= 4 is 5.91 Å². The molecule has 4 heteroatoms. The van der Waals surface area contributed by atoms with Crippen molar-refractivity contribution in [3.8, 4) is 0 Å². The van der Waals surface area contributed by atoms with Crippen molar-refractivity contribution in [2.45, 2.75) is 45.8 Å². The fourth-order valence-corrected chi connectivity index (χ4v) is 1.62. The zero-order chi connectivity index (χ0) is 12.0. The molecular formula is C12H24N2O2. The van der Waals surface area contributed by atoms with Gasteiger partial charge in [-0.2, -0.15) is 0 Å². The Balaban J connectivity index is 2.14. The maximum atomic E-state index is 11.5. The number of carbonyl (C=O) groups excluding carboxylic acids is 1. The minimum Gasteiger partial charge on any atom is -0.368 e. The molecule has 4 nitrogen and oxygen atoms in total. The molecule has 1 rings (SSSR count). The molecule has 1 atom stereocenters. The average molecular weight is 228 g/mol. The molecule has 1 aliphatic rings. The summed E-state index contributed by atoms with van der Waals surface area (Å²) in [6.45, 7) is 8.40. The molecule has 1 heterocycles. The van der Waals surface area contributed by atoms with E-state index in [2.05, 4.69) is 24.5 Å². The van der Waals surface area contributed by atoms with Crippen LogP contribution in [0.3, 0.4) is 0 Å². The van der Waals surface area contributed by atoms with Crippen molar-refractivity contribution in [3.63, 3.8) is 0 Å². The number of ether oxygens (including phenoxy) is 1. The zero-order valence-electron chi connectivity index (χ0n) is 10.6. The van der Waals surface area contributed by atoms with E-state index in [0.717, 1.165) is 25.9 Å². The third kappa shape index (κ3) is 4.94. The Morgan fingerprint density at radius 2 is 2.00 bits per heavy atom. The molecule has 1 fully saturated rings. The van der Waals surface area contributed by atoms with Crippen molar-refractivity contribution in [1.29, 1.82) is 0 Å². The summed E-state index contributed by atoms with van der Waals surface area (Å²) in [5, 5.41) is 6.21. The summed E-state index contributed by atoms with van der Waals surface area (Å²) in [6, 6.07) is 0.212. The standard InChI is InChI=1S/C12H24N2O2/c1-9(2)10(3)14-12(15)8-16-11-4-6-13-7-5-11/h9-11,13H,4-8H2,1-3H3,(H,14,15). The summed E-state index contributed by atoms with van der Waals surface area (Å²) in [6.07, 6.45) is 2.27. The summed E-state index contributed by atoms with van der Waals surface area (Å²) in [5.74, 6) is 0.461. The molecule has 0 saturated carbocycles. The molecule has 0 aromatic rings. The highest BCUT2D eigenvalue weighted by Gasteiger charge is 2.16. The van der Waals surface area contributed by atoms with Crippen molar-refractivity contribution in [2.24, 2.45) is 5.92 Å². The lowest BCUT2D eigenvalue weighted by Gasteiger charge is -2.23. The van der Waals surface area contributed by atoms with Gasteiger partial charge < -0.3 is 15.4 Å². The van der Waals surface area contributed by atoms with Crippen LogP contribution in [0.2, 0.25) is 0 Å². The lowest BCUT2D eigenvalue weighted by molar-refractivity contribution is -0.129. The van der Waals surface area contributed by atoms with E-state index in [0.29, 0.717) is 5.92 Å². The molecule has 94 valence electrons. The van der Waals surface area contributed by atoms with E-state index in [-0.39, 0.29) is 24.7 Å². The van der Waals surface area contributed by atoms with Crippen molar-refractivity contribution in [3.05, 3.63) is 0 Å². The maximum Gasteiger partial charge on any atom is 0.246 e. The largest absolute Gasteiger partial charge is 0.368 e. The first-order valence-corrected chi connectivity index (χ1v) is 6.21. The van der Waals surface area contributed by atoms with Crippen LogP contribution in [-0.4, -0.2) is 37.7 Å². The quantitative estimate of drug-likeness (QED) is 0.735. The molecule has 0 radical (unpaired) electrons. The van der Waals surface area contributed by atoms with Gasteiger partial charge in [-0.05, 0) is 38.8 Å². The lowest BCUT2D eigenvalue weighted by atomic mass is 10.1. The zero-order valence-corrected chi connectivity index (χ0v) is 10.6. The number of nitrogens with one attached hydrogen (secondary N) is 2. The molecule has 0 bridgehead atoms. The molecule has 1 aliphatic heterocycles. The van der Waals surface area contributed by atoms with E-state index in [4.69, 9.17) is 4.74 Å². The Hall–Kier alpha value is -0.610. The minimum atomic E-state index is -0.000248. The fraction of sp³-hybridized carbons (Fsp3) is 0.917.